The lowest BCUT2D eigenvalue weighted by Crippen LogP contribution is -2.28. The fraction of sp³-hybridized carbons (Fsp3) is 0.438. The van der Waals surface area contributed by atoms with Crippen LogP contribution in [0, 0.1) is 13.8 Å². The van der Waals surface area contributed by atoms with Crippen molar-refractivity contribution < 1.29 is 9.53 Å². The normalized spacial score (nSPS) is 10.5. The van der Waals surface area contributed by atoms with E-state index in [0.717, 1.165) is 14.9 Å². The molecule has 0 spiro atoms. The molecule has 0 atom stereocenters. The Balaban J connectivity index is 2.30. The molecule has 5 heteroatoms. The van der Waals surface area contributed by atoms with Crippen molar-refractivity contribution >= 4 is 33.6 Å². The van der Waals surface area contributed by atoms with Crippen LogP contribution in [0.2, 0.25) is 0 Å². The highest BCUT2D eigenvalue weighted by molar-refractivity contribution is 9.10. The Labute approximate surface area is 139 Å². The molecule has 1 aromatic rings. The van der Waals surface area contributed by atoms with E-state index in [1.807, 2.05) is 13.8 Å². The number of carbonyl (C=O) groups excluding carboxylic acids is 1. The van der Waals surface area contributed by atoms with Gasteiger partial charge in [-0.2, -0.15) is 0 Å². The molecular weight excluding hydrogens is 350 g/mol. The van der Waals surface area contributed by atoms with Gasteiger partial charge in [0.25, 0.3) is 0 Å². The van der Waals surface area contributed by atoms with Crippen molar-refractivity contribution in [2.45, 2.75) is 25.7 Å². The van der Waals surface area contributed by atoms with Crippen molar-refractivity contribution in [2.24, 2.45) is 0 Å². The molecule has 0 aliphatic rings. The first-order chi connectivity index (χ1) is 9.90. The number of hydrogen-bond donors (Lipinski definition) is 1. The van der Waals surface area contributed by atoms with E-state index in [2.05, 4.69) is 46.9 Å². The number of benzene rings is 1. The van der Waals surface area contributed by atoms with Crippen LogP contribution in [0.3, 0.4) is 0 Å². The Morgan fingerprint density at radius 3 is 2.76 bits per heavy atom. The fourth-order valence-corrected chi connectivity index (χ4v) is 3.01. The molecule has 116 valence electrons. The van der Waals surface area contributed by atoms with Gasteiger partial charge in [0.15, 0.2) is 0 Å². The van der Waals surface area contributed by atoms with E-state index in [9.17, 15) is 4.79 Å². The summed E-state index contributed by atoms with van der Waals surface area (Å²) in [5, 5.41) is 2.85. The second kappa shape index (κ2) is 9.28. The molecule has 0 radical (unpaired) electrons. The lowest BCUT2D eigenvalue weighted by Gasteiger charge is -2.09. The van der Waals surface area contributed by atoms with Gasteiger partial charge in [0.2, 0.25) is 5.91 Å². The maximum Gasteiger partial charge on any atom is 0.230 e. The van der Waals surface area contributed by atoms with Crippen LogP contribution in [0.25, 0.3) is 0 Å². The molecule has 1 aromatic carbocycles. The molecule has 1 amide bonds. The van der Waals surface area contributed by atoms with Crippen molar-refractivity contribution in [2.75, 3.05) is 25.5 Å². The number of thioether (sulfide) groups is 1. The monoisotopic (exact) mass is 371 g/mol. The highest BCUT2D eigenvalue weighted by atomic mass is 79.9. The Morgan fingerprint density at radius 2 is 2.10 bits per heavy atom. The molecule has 0 fully saturated rings. The molecule has 0 saturated carbocycles. The molecule has 0 unspecified atom stereocenters. The number of rotatable bonds is 8. The lowest BCUT2D eigenvalue weighted by atomic mass is 10.2. The van der Waals surface area contributed by atoms with Gasteiger partial charge in [-0.1, -0.05) is 28.1 Å². The molecule has 0 aliphatic heterocycles. The van der Waals surface area contributed by atoms with Crippen molar-refractivity contribution in [3.63, 3.8) is 0 Å². The minimum atomic E-state index is 0.0268. The predicted molar refractivity (Wildman–Crippen MR) is 93.0 cm³/mol. The average Bonchev–Trinajstić information content (AvgIpc) is 2.40. The summed E-state index contributed by atoms with van der Waals surface area (Å²) in [7, 11) is 0. The van der Waals surface area contributed by atoms with Gasteiger partial charge in [-0.05, 0) is 44.0 Å². The van der Waals surface area contributed by atoms with E-state index >= 15 is 0 Å². The van der Waals surface area contributed by atoms with Gasteiger partial charge in [-0.3, -0.25) is 4.79 Å². The number of halogens is 1. The molecule has 0 saturated heterocycles. The number of aryl methyl sites for hydroxylation is 2. The van der Waals surface area contributed by atoms with Gasteiger partial charge in [-0.25, -0.2) is 0 Å². The molecular formula is C16H22BrNO2S. The van der Waals surface area contributed by atoms with Crippen LogP contribution in [-0.2, 0) is 9.53 Å². The molecule has 0 aliphatic carbocycles. The summed E-state index contributed by atoms with van der Waals surface area (Å²) in [5.41, 5.74) is 3.34. The van der Waals surface area contributed by atoms with Crippen molar-refractivity contribution in [1.29, 1.82) is 0 Å². The highest BCUT2D eigenvalue weighted by Crippen LogP contribution is 2.28. The zero-order chi connectivity index (χ0) is 15.8. The van der Waals surface area contributed by atoms with E-state index in [-0.39, 0.29) is 5.91 Å². The van der Waals surface area contributed by atoms with Crippen molar-refractivity contribution in [1.82, 2.24) is 5.32 Å². The third-order valence-electron chi connectivity index (χ3n) is 2.73. The topological polar surface area (TPSA) is 38.3 Å². The molecule has 0 aromatic heterocycles. The first-order valence-electron chi connectivity index (χ1n) is 6.78. The zero-order valence-corrected chi connectivity index (χ0v) is 15.2. The lowest BCUT2D eigenvalue weighted by molar-refractivity contribution is -0.118. The average molecular weight is 372 g/mol. The van der Waals surface area contributed by atoms with E-state index in [1.165, 1.54) is 11.1 Å². The van der Waals surface area contributed by atoms with E-state index in [1.54, 1.807) is 11.8 Å². The number of ether oxygens (including phenoxy) is 1. The molecule has 0 heterocycles. The number of hydrogen-bond acceptors (Lipinski definition) is 3. The second-order valence-corrected chi connectivity index (χ2v) is 6.89. The number of nitrogens with one attached hydrogen (secondary N) is 1. The molecule has 1 N–H and O–H groups in total. The van der Waals surface area contributed by atoms with Gasteiger partial charge >= 0.3 is 0 Å². The smallest absolute Gasteiger partial charge is 0.230 e. The van der Waals surface area contributed by atoms with Crippen LogP contribution in [0.5, 0.6) is 0 Å². The predicted octanol–water partition coefficient (Wildman–Crippen LogP) is 3.87. The fourth-order valence-electron chi connectivity index (χ4n) is 1.61. The van der Waals surface area contributed by atoms with E-state index < -0.39 is 0 Å². The largest absolute Gasteiger partial charge is 0.375 e. The Kier molecular flexibility index (Phi) is 8.07. The minimum absolute atomic E-state index is 0.0268. The minimum Gasteiger partial charge on any atom is -0.375 e. The molecule has 1 rings (SSSR count). The van der Waals surface area contributed by atoms with Gasteiger partial charge < -0.3 is 10.1 Å². The van der Waals surface area contributed by atoms with Crippen LogP contribution in [0.15, 0.2) is 33.7 Å². The first kappa shape index (κ1) is 18.3. The van der Waals surface area contributed by atoms with Crippen LogP contribution in [-0.4, -0.2) is 31.4 Å². The maximum atomic E-state index is 11.8. The van der Waals surface area contributed by atoms with Crippen molar-refractivity contribution in [3.05, 3.63) is 39.9 Å². The SMILES string of the molecule is C=C(C)COCCNC(=O)CSc1cc(C)c(Br)cc1C. The zero-order valence-electron chi connectivity index (χ0n) is 12.8. The summed E-state index contributed by atoms with van der Waals surface area (Å²) in [5.74, 6) is 0.446. The summed E-state index contributed by atoms with van der Waals surface area (Å²) in [4.78, 5) is 12.9. The Bertz CT molecular complexity index is 517. The van der Waals surface area contributed by atoms with Crippen LogP contribution < -0.4 is 5.32 Å². The molecule has 0 bridgehead atoms. The second-order valence-electron chi connectivity index (χ2n) is 5.02. The van der Waals surface area contributed by atoms with Gasteiger partial charge in [0.1, 0.15) is 0 Å². The van der Waals surface area contributed by atoms with Crippen LogP contribution in [0.4, 0.5) is 0 Å². The quantitative estimate of drug-likeness (QED) is 0.428. The van der Waals surface area contributed by atoms with Gasteiger partial charge in [0.05, 0.1) is 19.0 Å². The van der Waals surface area contributed by atoms with Crippen LogP contribution in [0.1, 0.15) is 18.1 Å². The number of amides is 1. The Hall–Kier alpha value is -0.780. The summed E-state index contributed by atoms with van der Waals surface area (Å²) < 4.78 is 6.43. The summed E-state index contributed by atoms with van der Waals surface area (Å²) in [6.07, 6.45) is 0. The van der Waals surface area contributed by atoms with E-state index in [0.29, 0.717) is 25.5 Å². The standard InChI is InChI=1S/C16H22BrNO2S/c1-11(2)9-20-6-5-18-16(19)10-21-15-8-12(3)14(17)7-13(15)4/h7-8H,1,5-6,9-10H2,2-4H3,(H,18,19). The van der Waals surface area contributed by atoms with Gasteiger partial charge in [0, 0.05) is 15.9 Å². The Morgan fingerprint density at radius 1 is 1.38 bits per heavy atom. The number of carbonyl (C=O) groups is 1. The summed E-state index contributed by atoms with van der Waals surface area (Å²) >= 11 is 5.07. The maximum absolute atomic E-state index is 11.8. The summed E-state index contributed by atoms with van der Waals surface area (Å²) in [6, 6.07) is 4.19. The highest BCUT2D eigenvalue weighted by Gasteiger charge is 2.06. The molecule has 3 nitrogen and oxygen atoms in total. The summed E-state index contributed by atoms with van der Waals surface area (Å²) in [6.45, 7) is 11.4. The third-order valence-corrected chi connectivity index (χ3v) is 4.74. The van der Waals surface area contributed by atoms with Crippen molar-refractivity contribution in [3.8, 4) is 0 Å². The molecule has 21 heavy (non-hydrogen) atoms. The van der Waals surface area contributed by atoms with Gasteiger partial charge in [-0.15, -0.1) is 11.8 Å². The first-order valence-corrected chi connectivity index (χ1v) is 8.56. The van der Waals surface area contributed by atoms with E-state index in [4.69, 9.17) is 4.74 Å². The third kappa shape index (κ3) is 7.16. The van der Waals surface area contributed by atoms with Crippen LogP contribution >= 0.6 is 27.7 Å².